The maximum Gasteiger partial charge on any atom is 0.346 e. The van der Waals surface area contributed by atoms with E-state index in [4.69, 9.17) is 4.74 Å². The monoisotopic (exact) mass is 470 g/mol. The summed E-state index contributed by atoms with van der Waals surface area (Å²) in [5.74, 6) is 2.30. The lowest BCUT2D eigenvalue weighted by molar-refractivity contribution is -0.169. The fourth-order valence-corrected chi connectivity index (χ4v) is 8.80. The van der Waals surface area contributed by atoms with Crippen LogP contribution in [-0.4, -0.2) is 29.1 Å². The Hall–Kier alpha value is -1.42. The summed E-state index contributed by atoms with van der Waals surface area (Å²) in [6, 6.07) is 0. The standard InChI is InChI=1S/C30H46O4/c1-8-34-27(32)30(33)17-29(7)24-15-16-28(6)22(20(5)10-9-19(4)18(2)3)13-14-23(28)21(24)11-12-25(29)26(30)31/h12,18,20-24,33H,4,8-11,13-17H2,1-3,5-7H3/t20-,21+,22-,23+,24+,28-,29-,30+/m1/s1. The van der Waals surface area contributed by atoms with E-state index >= 15 is 0 Å². The minimum atomic E-state index is -2.02. The van der Waals surface area contributed by atoms with Crippen molar-refractivity contribution in [2.75, 3.05) is 6.61 Å². The van der Waals surface area contributed by atoms with E-state index in [0.29, 0.717) is 40.6 Å². The summed E-state index contributed by atoms with van der Waals surface area (Å²) in [5, 5.41) is 11.2. The lowest BCUT2D eigenvalue weighted by atomic mass is 9.49. The van der Waals surface area contributed by atoms with Crippen molar-refractivity contribution in [3.63, 3.8) is 0 Å². The number of fused-ring (bicyclic) bond motifs is 5. The van der Waals surface area contributed by atoms with E-state index in [-0.39, 0.29) is 13.0 Å². The summed E-state index contributed by atoms with van der Waals surface area (Å²) in [5.41, 5.74) is -0.0722. The number of carbonyl (C=O) groups excluding carboxylic acids is 2. The highest BCUT2D eigenvalue weighted by atomic mass is 16.5. The number of carbonyl (C=O) groups is 2. The SMILES string of the molecule is C=C(CC[C@@H](C)[C@H]1CC[C@H]2[C@@H]3CC=C4C(=O)[C@](O)(C(=O)OCC)C[C@]4(C)[C@H]3CC[C@]12C)C(C)C. The van der Waals surface area contributed by atoms with Crippen LogP contribution in [0.25, 0.3) is 0 Å². The number of hydrogen-bond acceptors (Lipinski definition) is 4. The Kier molecular flexibility index (Phi) is 6.72. The van der Waals surface area contributed by atoms with Crippen molar-refractivity contribution in [3.8, 4) is 0 Å². The van der Waals surface area contributed by atoms with Gasteiger partial charge in [-0.15, -0.1) is 0 Å². The van der Waals surface area contributed by atoms with Crippen molar-refractivity contribution in [2.24, 2.45) is 46.3 Å². The smallest absolute Gasteiger partial charge is 0.346 e. The van der Waals surface area contributed by atoms with Gasteiger partial charge in [0.05, 0.1) is 6.61 Å². The molecule has 0 heterocycles. The van der Waals surface area contributed by atoms with Crippen LogP contribution in [0.5, 0.6) is 0 Å². The van der Waals surface area contributed by atoms with Crippen LogP contribution >= 0.6 is 0 Å². The minimum Gasteiger partial charge on any atom is -0.464 e. The molecule has 0 amide bonds. The molecule has 34 heavy (non-hydrogen) atoms. The molecule has 0 radical (unpaired) electrons. The predicted molar refractivity (Wildman–Crippen MR) is 135 cm³/mol. The molecule has 190 valence electrons. The van der Waals surface area contributed by atoms with Gasteiger partial charge >= 0.3 is 5.97 Å². The maximum absolute atomic E-state index is 13.2. The van der Waals surface area contributed by atoms with Crippen molar-refractivity contribution in [1.29, 1.82) is 0 Å². The lowest BCUT2D eigenvalue weighted by Gasteiger charge is -2.55. The molecule has 0 bridgehead atoms. The third-order valence-electron chi connectivity index (χ3n) is 10.8. The van der Waals surface area contributed by atoms with Gasteiger partial charge in [-0.05, 0) is 92.8 Å². The van der Waals surface area contributed by atoms with Gasteiger partial charge in [0, 0.05) is 17.4 Å². The lowest BCUT2D eigenvalue weighted by Crippen LogP contribution is -2.49. The average Bonchev–Trinajstić information content (AvgIpc) is 3.23. The normalized spacial score (nSPS) is 42.0. The molecule has 4 aliphatic carbocycles. The molecule has 3 fully saturated rings. The van der Waals surface area contributed by atoms with E-state index < -0.39 is 22.8 Å². The Labute approximate surface area is 206 Å². The highest BCUT2D eigenvalue weighted by molar-refractivity contribution is 6.18. The molecule has 4 rings (SSSR count). The summed E-state index contributed by atoms with van der Waals surface area (Å²) >= 11 is 0. The van der Waals surface area contributed by atoms with Crippen LogP contribution in [0, 0.1) is 46.3 Å². The number of Topliss-reactive ketones (excluding diaryl/α,β-unsaturated/α-hetero) is 1. The first-order chi connectivity index (χ1) is 15.9. The molecule has 1 N–H and O–H groups in total. The molecule has 0 aromatic heterocycles. The Morgan fingerprint density at radius 2 is 1.91 bits per heavy atom. The van der Waals surface area contributed by atoms with Crippen molar-refractivity contribution in [1.82, 2.24) is 0 Å². The number of ketones is 1. The van der Waals surface area contributed by atoms with Crippen LogP contribution in [0.3, 0.4) is 0 Å². The zero-order chi connectivity index (χ0) is 25.1. The minimum absolute atomic E-state index is 0.167. The fraction of sp³-hybridized carbons (Fsp3) is 0.800. The number of ether oxygens (including phenoxy) is 1. The first-order valence-corrected chi connectivity index (χ1v) is 13.7. The Balaban J connectivity index is 1.54. The van der Waals surface area contributed by atoms with Gasteiger partial charge in [-0.25, -0.2) is 4.79 Å². The van der Waals surface area contributed by atoms with E-state index in [1.807, 2.05) is 0 Å². The van der Waals surface area contributed by atoms with Gasteiger partial charge in [0.25, 0.3) is 0 Å². The molecule has 8 atom stereocenters. The molecule has 0 spiro atoms. The molecular weight excluding hydrogens is 424 g/mol. The van der Waals surface area contributed by atoms with E-state index in [0.717, 1.165) is 25.2 Å². The molecule has 4 aliphatic rings. The van der Waals surface area contributed by atoms with Gasteiger partial charge in [-0.1, -0.05) is 52.8 Å². The number of rotatable bonds is 7. The quantitative estimate of drug-likeness (QED) is 0.270. The molecule has 0 aromatic carbocycles. The van der Waals surface area contributed by atoms with E-state index in [2.05, 4.69) is 47.3 Å². The van der Waals surface area contributed by atoms with Gasteiger partial charge in [0.2, 0.25) is 11.4 Å². The van der Waals surface area contributed by atoms with Gasteiger partial charge < -0.3 is 9.84 Å². The molecule has 0 aliphatic heterocycles. The van der Waals surface area contributed by atoms with Crippen LogP contribution in [0.4, 0.5) is 0 Å². The first kappa shape index (κ1) is 25.7. The fourth-order valence-electron chi connectivity index (χ4n) is 8.80. The number of allylic oxidation sites excluding steroid dienone is 2. The van der Waals surface area contributed by atoms with Crippen LogP contribution in [-0.2, 0) is 14.3 Å². The summed E-state index contributed by atoms with van der Waals surface area (Å²) in [4.78, 5) is 25.8. The number of esters is 1. The maximum atomic E-state index is 13.2. The third-order valence-corrected chi connectivity index (χ3v) is 10.8. The van der Waals surface area contributed by atoms with Gasteiger partial charge in [0.15, 0.2) is 0 Å². The van der Waals surface area contributed by atoms with Gasteiger partial charge in [-0.2, -0.15) is 0 Å². The number of aliphatic hydroxyl groups is 1. The molecule has 0 aromatic rings. The Morgan fingerprint density at radius 1 is 1.21 bits per heavy atom. The largest absolute Gasteiger partial charge is 0.464 e. The van der Waals surface area contributed by atoms with Gasteiger partial charge in [0.1, 0.15) is 0 Å². The van der Waals surface area contributed by atoms with Crippen LogP contribution in [0.2, 0.25) is 0 Å². The molecule has 0 unspecified atom stereocenters. The second-order valence-corrected chi connectivity index (χ2v) is 12.8. The van der Waals surface area contributed by atoms with Crippen molar-refractivity contribution in [2.45, 2.75) is 98.5 Å². The predicted octanol–water partition coefficient (Wildman–Crippen LogP) is 6.28. The van der Waals surface area contributed by atoms with Crippen LogP contribution in [0.1, 0.15) is 92.9 Å². The molecule has 4 nitrogen and oxygen atoms in total. The molecule has 3 saturated carbocycles. The molecular formula is C30H46O4. The van der Waals surface area contributed by atoms with Crippen molar-refractivity contribution < 1.29 is 19.4 Å². The van der Waals surface area contributed by atoms with Crippen LogP contribution in [0.15, 0.2) is 23.8 Å². The molecule has 4 heteroatoms. The summed E-state index contributed by atoms with van der Waals surface area (Å²) in [6.07, 6.45) is 10.3. The van der Waals surface area contributed by atoms with Gasteiger partial charge in [-0.3, -0.25) is 4.79 Å². The molecule has 0 saturated heterocycles. The van der Waals surface area contributed by atoms with E-state index in [9.17, 15) is 14.7 Å². The van der Waals surface area contributed by atoms with E-state index in [1.54, 1.807) is 6.92 Å². The highest BCUT2D eigenvalue weighted by Gasteiger charge is 2.67. The first-order valence-electron chi connectivity index (χ1n) is 13.7. The Morgan fingerprint density at radius 3 is 2.56 bits per heavy atom. The van der Waals surface area contributed by atoms with Crippen molar-refractivity contribution >= 4 is 11.8 Å². The zero-order valence-corrected chi connectivity index (χ0v) is 22.3. The second kappa shape index (κ2) is 8.91. The summed E-state index contributed by atoms with van der Waals surface area (Å²) < 4.78 is 5.12. The average molecular weight is 471 g/mol. The van der Waals surface area contributed by atoms with Crippen molar-refractivity contribution in [3.05, 3.63) is 23.8 Å². The highest BCUT2D eigenvalue weighted by Crippen LogP contribution is 2.68. The Bertz CT molecular complexity index is 886. The van der Waals surface area contributed by atoms with Crippen LogP contribution < -0.4 is 0 Å². The second-order valence-electron chi connectivity index (χ2n) is 12.8. The third kappa shape index (κ3) is 3.74. The zero-order valence-electron chi connectivity index (χ0n) is 22.3. The topological polar surface area (TPSA) is 63.6 Å². The van der Waals surface area contributed by atoms with E-state index in [1.165, 1.54) is 31.3 Å². The summed E-state index contributed by atoms with van der Waals surface area (Å²) in [7, 11) is 0. The number of hydrogen-bond donors (Lipinski definition) is 1. The summed E-state index contributed by atoms with van der Waals surface area (Å²) in [6.45, 7) is 17.8.